The maximum atomic E-state index is 12.5. The third kappa shape index (κ3) is 3.54. The third-order valence-corrected chi connectivity index (χ3v) is 4.69. The first kappa shape index (κ1) is 17.5. The van der Waals surface area contributed by atoms with E-state index in [0.717, 1.165) is 4.47 Å². The van der Waals surface area contributed by atoms with E-state index in [-0.39, 0.29) is 18.4 Å². The van der Waals surface area contributed by atoms with Gasteiger partial charge in [0.25, 0.3) is 5.91 Å². The number of rotatable bonds is 2. The van der Waals surface area contributed by atoms with Gasteiger partial charge in [0.05, 0.1) is 11.1 Å². The van der Waals surface area contributed by atoms with Crippen molar-refractivity contribution < 1.29 is 14.3 Å². The van der Waals surface area contributed by atoms with Crippen LogP contribution in [0.15, 0.2) is 46.9 Å². The zero-order chi connectivity index (χ0) is 18.2. The van der Waals surface area contributed by atoms with Crippen molar-refractivity contribution in [1.29, 1.82) is 0 Å². The quantitative estimate of drug-likeness (QED) is 0.822. The molecule has 0 fully saturated rings. The minimum Gasteiger partial charge on any atom is -0.490 e. The number of nitrogens with one attached hydrogen (secondary N) is 1. The van der Waals surface area contributed by atoms with Crippen molar-refractivity contribution in [1.82, 2.24) is 0 Å². The molecule has 130 valence electrons. The molecule has 0 saturated carbocycles. The Morgan fingerprint density at radius 3 is 2.56 bits per heavy atom. The van der Waals surface area contributed by atoms with Crippen molar-refractivity contribution in [2.75, 3.05) is 23.9 Å². The molecule has 3 rings (SSSR count). The predicted octanol–water partition coefficient (Wildman–Crippen LogP) is 4.08. The highest BCUT2D eigenvalue weighted by Gasteiger charge is 2.36. The second-order valence-electron chi connectivity index (χ2n) is 6.68. The SMILES string of the molecule is CN1C(=O)C(C)(C)COc2cc(NC(=O)c3ccc(Br)cc3)ccc21. The predicted molar refractivity (Wildman–Crippen MR) is 101 cm³/mol. The summed E-state index contributed by atoms with van der Waals surface area (Å²) in [4.78, 5) is 26.4. The van der Waals surface area contributed by atoms with Gasteiger partial charge in [-0.25, -0.2) is 0 Å². The number of amides is 2. The van der Waals surface area contributed by atoms with Gasteiger partial charge in [-0.1, -0.05) is 15.9 Å². The van der Waals surface area contributed by atoms with Gasteiger partial charge in [0.1, 0.15) is 12.4 Å². The number of carbonyl (C=O) groups is 2. The van der Waals surface area contributed by atoms with Gasteiger partial charge in [0, 0.05) is 28.8 Å². The Kier molecular flexibility index (Phi) is 4.56. The summed E-state index contributed by atoms with van der Waals surface area (Å²) in [5, 5.41) is 2.86. The average Bonchev–Trinajstić information content (AvgIpc) is 2.66. The molecule has 1 aliphatic heterocycles. The Morgan fingerprint density at radius 2 is 1.88 bits per heavy atom. The molecular weight excluding hydrogens is 384 g/mol. The summed E-state index contributed by atoms with van der Waals surface area (Å²) in [6.45, 7) is 4.00. The standard InChI is InChI=1S/C19H19BrN2O3/c1-19(2)11-25-16-10-14(8-9-15(16)22(3)18(19)24)21-17(23)12-4-6-13(20)7-5-12/h4-10H,11H2,1-3H3,(H,21,23). The van der Waals surface area contributed by atoms with E-state index in [2.05, 4.69) is 21.2 Å². The topological polar surface area (TPSA) is 58.6 Å². The smallest absolute Gasteiger partial charge is 0.255 e. The highest BCUT2D eigenvalue weighted by Crippen LogP contribution is 2.37. The fourth-order valence-corrected chi connectivity index (χ4v) is 2.94. The molecule has 0 saturated heterocycles. The van der Waals surface area contributed by atoms with Crippen molar-refractivity contribution in [3.63, 3.8) is 0 Å². The normalized spacial score (nSPS) is 15.8. The molecule has 6 heteroatoms. The summed E-state index contributed by atoms with van der Waals surface area (Å²) in [5.74, 6) is 0.374. The first-order valence-corrected chi connectivity index (χ1v) is 8.69. The largest absolute Gasteiger partial charge is 0.490 e. The lowest BCUT2D eigenvalue weighted by Gasteiger charge is -2.24. The van der Waals surface area contributed by atoms with Gasteiger partial charge in [-0.3, -0.25) is 9.59 Å². The summed E-state index contributed by atoms with van der Waals surface area (Å²) in [6, 6.07) is 12.4. The molecule has 1 N–H and O–H groups in total. The van der Waals surface area contributed by atoms with Gasteiger partial charge in [0.2, 0.25) is 5.91 Å². The third-order valence-electron chi connectivity index (χ3n) is 4.16. The molecule has 0 aliphatic carbocycles. The second kappa shape index (κ2) is 6.52. The van der Waals surface area contributed by atoms with Crippen molar-refractivity contribution in [2.24, 2.45) is 5.41 Å². The number of halogens is 1. The van der Waals surface area contributed by atoms with Crippen LogP contribution in [-0.2, 0) is 4.79 Å². The van der Waals surface area contributed by atoms with E-state index < -0.39 is 5.41 Å². The van der Waals surface area contributed by atoms with E-state index in [4.69, 9.17) is 4.74 Å². The van der Waals surface area contributed by atoms with Gasteiger partial charge in [-0.2, -0.15) is 0 Å². The van der Waals surface area contributed by atoms with E-state index in [1.165, 1.54) is 0 Å². The zero-order valence-corrected chi connectivity index (χ0v) is 15.9. The van der Waals surface area contributed by atoms with Crippen LogP contribution in [0, 0.1) is 5.41 Å². The Labute approximate surface area is 155 Å². The number of carbonyl (C=O) groups excluding carboxylic acids is 2. The Hall–Kier alpha value is -2.34. The summed E-state index contributed by atoms with van der Waals surface area (Å²) in [6.07, 6.45) is 0. The molecule has 2 amide bonds. The molecule has 0 spiro atoms. The minimum atomic E-state index is -0.603. The van der Waals surface area contributed by atoms with Crippen LogP contribution in [0.1, 0.15) is 24.2 Å². The van der Waals surface area contributed by atoms with Crippen molar-refractivity contribution in [3.8, 4) is 5.75 Å². The van der Waals surface area contributed by atoms with Gasteiger partial charge < -0.3 is 15.0 Å². The molecule has 2 aromatic rings. The van der Waals surface area contributed by atoms with Crippen LogP contribution in [0.25, 0.3) is 0 Å². The molecule has 0 unspecified atom stereocenters. The summed E-state index contributed by atoms with van der Waals surface area (Å²) in [5.41, 5.74) is 1.27. The molecule has 0 radical (unpaired) electrons. The molecule has 5 nitrogen and oxygen atoms in total. The molecule has 2 aromatic carbocycles. The van der Waals surface area contributed by atoms with Crippen LogP contribution in [0.5, 0.6) is 5.75 Å². The van der Waals surface area contributed by atoms with E-state index in [1.807, 2.05) is 26.0 Å². The maximum Gasteiger partial charge on any atom is 0.255 e. The van der Waals surface area contributed by atoms with Crippen molar-refractivity contribution >= 4 is 39.1 Å². The number of ether oxygens (including phenoxy) is 1. The van der Waals surface area contributed by atoms with Crippen LogP contribution in [-0.4, -0.2) is 25.5 Å². The highest BCUT2D eigenvalue weighted by molar-refractivity contribution is 9.10. The minimum absolute atomic E-state index is 0.00195. The van der Waals surface area contributed by atoms with Crippen LogP contribution in [0.4, 0.5) is 11.4 Å². The average molecular weight is 403 g/mol. The molecule has 0 bridgehead atoms. The van der Waals surface area contributed by atoms with E-state index >= 15 is 0 Å². The van der Waals surface area contributed by atoms with E-state index in [1.54, 1.807) is 42.3 Å². The van der Waals surface area contributed by atoms with E-state index in [9.17, 15) is 9.59 Å². The summed E-state index contributed by atoms with van der Waals surface area (Å²) in [7, 11) is 1.73. The first-order chi connectivity index (χ1) is 11.8. The molecule has 0 atom stereocenters. The fraction of sp³-hybridized carbons (Fsp3) is 0.263. The number of nitrogens with zero attached hydrogens (tertiary/aromatic N) is 1. The highest BCUT2D eigenvalue weighted by atomic mass is 79.9. The van der Waals surface area contributed by atoms with Gasteiger partial charge in [-0.15, -0.1) is 0 Å². The molecular formula is C19H19BrN2O3. The Morgan fingerprint density at radius 1 is 1.20 bits per heavy atom. The molecule has 1 aliphatic rings. The van der Waals surface area contributed by atoms with Crippen LogP contribution in [0.3, 0.4) is 0 Å². The number of hydrogen-bond acceptors (Lipinski definition) is 3. The molecule has 25 heavy (non-hydrogen) atoms. The number of anilines is 2. The first-order valence-electron chi connectivity index (χ1n) is 7.90. The molecule has 1 heterocycles. The number of benzene rings is 2. The van der Waals surface area contributed by atoms with Crippen LogP contribution < -0.4 is 15.0 Å². The maximum absolute atomic E-state index is 12.5. The lowest BCUT2D eigenvalue weighted by molar-refractivity contribution is -0.127. The number of hydrogen-bond donors (Lipinski definition) is 1. The van der Waals surface area contributed by atoms with Crippen molar-refractivity contribution in [2.45, 2.75) is 13.8 Å². The monoisotopic (exact) mass is 402 g/mol. The number of fused-ring (bicyclic) bond motifs is 1. The van der Waals surface area contributed by atoms with E-state index in [0.29, 0.717) is 22.7 Å². The van der Waals surface area contributed by atoms with Gasteiger partial charge >= 0.3 is 0 Å². The Balaban J connectivity index is 1.84. The summed E-state index contributed by atoms with van der Waals surface area (Å²) < 4.78 is 6.74. The Bertz CT molecular complexity index is 831. The van der Waals surface area contributed by atoms with Gasteiger partial charge in [-0.05, 0) is 50.2 Å². The lowest BCUT2D eigenvalue weighted by atomic mass is 9.93. The summed E-state index contributed by atoms with van der Waals surface area (Å²) >= 11 is 3.35. The second-order valence-corrected chi connectivity index (χ2v) is 7.60. The fourth-order valence-electron chi connectivity index (χ4n) is 2.67. The van der Waals surface area contributed by atoms with Crippen LogP contribution in [0.2, 0.25) is 0 Å². The van der Waals surface area contributed by atoms with Gasteiger partial charge in [0.15, 0.2) is 0 Å². The van der Waals surface area contributed by atoms with Crippen LogP contribution >= 0.6 is 15.9 Å². The zero-order valence-electron chi connectivity index (χ0n) is 14.3. The van der Waals surface area contributed by atoms with Crippen molar-refractivity contribution in [3.05, 3.63) is 52.5 Å². The molecule has 0 aromatic heterocycles. The lowest BCUT2D eigenvalue weighted by Crippen LogP contribution is -2.39.